The highest BCUT2D eigenvalue weighted by Gasteiger charge is 2.14. The predicted octanol–water partition coefficient (Wildman–Crippen LogP) is 2.59. The van der Waals surface area contributed by atoms with Crippen molar-refractivity contribution in [3.63, 3.8) is 0 Å². The summed E-state index contributed by atoms with van der Waals surface area (Å²) < 4.78 is 5.73. The zero-order chi connectivity index (χ0) is 11.8. The summed E-state index contributed by atoms with van der Waals surface area (Å²) in [7, 11) is 1.87. The monoisotopic (exact) mass is 227 g/mol. The van der Waals surface area contributed by atoms with E-state index in [2.05, 4.69) is 6.92 Å². The molecule has 1 aliphatic carbocycles. The number of ether oxygens (including phenoxy) is 1. The number of carbonyl (C=O) groups excluding carboxylic acids is 1. The van der Waals surface area contributed by atoms with Gasteiger partial charge in [-0.15, -0.1) is 0 Å². The maximum Gasteiger partial charge on any atom is 0.224 e. The molecule has 0 saturated heterocycles. The average Bonchev–Trinajstić information content (AvgIpc) is 2.30. The van der Waals surface area contributed by atoms with E-state index in [0.29, 0.717) is 19.1 Å². The smallest absolute Gasteiger partial charge is 0.224 e. The van der Waals surface area contributed by atoms with Gasteiger partial charge in [0.15, 0.2) is 0 Å². The summed E-state index contributed by atoms with van der Waals surface area (Å²) >= 11 is 0. The van der Waals surface area contributed by atoms with Crippen LogP contribution in [-0.4, -0.2) is 37.1 Å². The van der Waals surface area contributed by atoms with Crippen LogP contribution in [0.2, 0.25) is 0 Å². The minimum Gasteiger partial charge on any atom is -0.378 e. The Hall–Kier alpha value is -0.570. The molecule has 1 fully saturated rings. The van der Waals surface area contributed by atoms with Gasteiger partial charge in [0.25, 0.3) is 0 Å². The summed E-state index contributed by atoms with van der Waals surface area (Å²) in [5.41, 5.74) is 0. The van der Waals surface area contributed by atoms with Crippen molar-refractivity contribution in [1.82, 2.24) is 4.90 Å². The fraction of sp³-hybridized carbons (Fsp3) is 0.923. The fourth-order valence-corrected chi connectivity index (χ4v) is 2.20. The molecule has 94 valence electrons. The lowest BCUT2D eigenvalue weighted by molar-refractivity contribution is -0.131. The lowest BCUT2D eigenvalue weighted by atomic mass is 9.98. The molecule has 0 heterocycles. The van der Waals surface area contributed by atoms with Gasteiger partial charge in [0, 0.05) is 13.6 Å². The molecule has 0 N–H and O–H groups in total. The number of carbonyl (C=O) groups is 1. The molecule has 0 atom stereocenters. The van der Waals surface area contributed by atoms with Crippen LogP contribution in [0.15, 0.2) is 0 Å². The van der Waals surface area contributed by atoms with Crippen LogP contribution in [0.4, 0.5) is 0 Å². The van der Waals surface area contributed by atoms with Crippen LogP contribution < -0.4 is 0 Å². The van der Waals surface area contributed by atoms with Gasteiger partial charge in [0.05, 0.1) is 19.1 Å². The van der Waals surface area contributed by atoms with E-state index >= 15 is 0 Å². The van der Waals surface area contributed by atoms with Crippen LogP contribution in [0, 0.1) is 0 Å². The molecule has 0 aliphatic heterocycles. The molecule has 0 radical (unpaired) electrons. The third-order valence-electron chi connectivity index (χ3n) is 3.21. The van der Waals surface area contributed by atoms with E-state index < -0.39 is 0 Å². The Labute approximate surface area is 99.1 Å². The minimum absolute atomic E-state index is 0.206. The molecular weight excluding hydrogens is 202 g/mol. The van der Waals surface area contributed by atoms with Crippen LogP contribution in [0.3, 0.4) is 0 Å². The van der Waals surface area contributed by atoms with Crippen LogP contribution >= 0.6 is 0 Å². The molecule has 0 spiro atoms. The van der Waals surface area contributed by atoms with Crippen molar-refractivity contribution in [3.8, 4) is 0 Å². The molecule has 1 rings (SSSR count). The van der Waals surface area contributed by atoms with Gasteiger partial charge < -0.3 is 9.64 Å². The molecule has 3 heteroatoms. The molecule has 0 aromatic carbocycles. The lowest BCUT2D eigenvalue weighted by Gasteiger charge is -2.22. The lowest BCUT2D eigenvalue weighted by Crippen LogP contribution is -2.29. The summed E-state index contributed by atoms with van der Waals surface area (Å²) in [5.74, 6) is 0.206. The van der Waals surface area contributed by atoms with E-state index in [1.54, 1.807) is 4.90 Å². The van der Waals surface area contributed by atoms with E-state index in [-0.39, 0.29) is 5.91 Å². The molecular formula is C13H25NO2. The van der Waals surface area contributed by atoms with Crippen LogP contribution in [0.5, 0.6) is 0 Å². The van der Waals surface area contributed by atoms with Crippen LogP contribution in [0.25, 0.3) is 0 Å². The normalized spacial score (nSPS) is 17.4. The standard InChI is InChI=1S/C13H25NO2/c1-3-10-14(2)13(15)9-11-16-12-7-5-4-6-8-12/h12H,3-11H2,1-2H3. The summed E-state index contributed by atoms with van der Waals surface area (Å²) in [4.78, 5) is 13.4. The van der Waals surface area contributed by atoms with Crippen molar-refractivity contribution < 1.29 is 9.53 Å². The van der Waals surface area contributed by atoms with Crippen LogP contribution in [0.1, 0.15) is 51.9 Å². The van der Waals surface area contributed by atoms with E-state index in [4.69, 9.17) is 4.74 Å². The Balaban J connectivity index is 2.07. The van der Waals surface area contributed by atoms with Crippen molar-refractivity contribution in [3.05, 3.63) is 0 Å². The van der Waals surface area contributed by atoms with Gasteiger partial charge in [0.2, 0.25) is 5.91 Å². The number of amides is 1. The van der Waals surface area contributed by atoms with Crippen molar-refractivity contribution in [2.45, 2.75) is 58.0 Å². The highest BCUT2D eigenvalue weighted by Crippen LogP contribution is 2.20. The maximum atomic E-state index is 11.6. The number of rotatable bonds is 6. The number of hydrogen-bond donors (Lipinski definition) is 0. The molecule has 1 aliphatic rings. The third kappa shape index (κ3) is 4.97. The van der Waals surface area contributed by atoms with Crippen molar-refractivity contribution in [2.24, 2.45) is 0 Å². The fourth-order valence-electron chi connectivity index (χ4n) is 2.20. The summed E-state index contributed by atoms with van der Waals surface area (Å²) in [6, 6.07) is 0. The molecule has 0 unspecified atom stereocenters. The zero-order valence-electron chi connectivity index (χ0n) is 10.7. The topological polar surface area (TPSA) is 29.5 Å². The first-order valence-electron chi connectivity index (χ1n) is 6.59. The van der Waals surface area contributed by atoms with Gasteiger partial charge >= 0.3 is 0 Å². The van der Waals surface area contributed by atoms with Crippen molar-refractivity contribution in [1.29, 1.82) is 0 Å². The second-order valence-electron chi connectivity index (χ2n) is 4.70. The van der Waals surface area contributed by atoms with Crippen LogP contribution in [-0.2, 0) is 9.53 Å². The first kappa shape index (κ1) is 13.5. The van der Waals surface area contributed by atoms with E-state index in [9.17, 15) is 4.79 Å². The van der Waals surface area contributed by atoms with E-state index in [0.717, 1.165) is 13.0 Å². The first-order valence-corrected chi connectivity index (χ1v) is 6.59. The number of hydrogen-bond acceptors (Lipinski definition) is 2. The van der Waals surface area contributed by atoms with Gasteiger partial charge in [-0.2, -0.15) is 0 Å². The average molecular weight is 227 g/mol. The van der Waals surface area contributed by atoms with Gasteiger partial charge in [-0.3, -0.25) is 4.79 Å². The minimum atomic E-state index is 0.206. The third-order valence-corrected chi connectivity index (χ3v) is 3.21. The molecule has 3 nitrogen and oxygen atoms in total. The molecule has 0 aromatic heterocycles. The molecule has 0 aromatic rings. The van der Waals surface area contributed by atoms with E-state index in [1.807, 2.05) is 7.05 Å². The molecule has 1 amide bonds. The molecule has 16 heavy (non-hydrogen) atoms. The predicted molar refractivity (Wildman–Crippen MR) is 65.4 cm³/mol. The van der Waals surface area contributed by atoms with Gasteiger partial charge in [-0.1, -0.05) is 26.2 Å². The summed E-state index contributed by atoms with van der Waals surface area (Å²) in [6.45, 7) is 3.53. The maximum absolute atomic E-state index is 11.6. The Morgan fingerprint density at radius 2 is 2.00 bits per heavy atom. The second kappa shape index (κ2) is 7.66. The molecule has 1 saturated carbocycles. The van der Waals surface area contributed by atoms with Gasteiger partial charge in [0.1, 0.15) is 0 Å². The van der Waals surface area contributed by atoms with E-state index in [1.165, 1.54) is 32.1 Å². The Morgan fingerprint density at radius 3 is 2.62 bits per heavy atom. The SMILES string of the molecule is CCCN(C)C(=O)CCOC1CCCCC1. The highest BCUT2D eigenvalue weighted by atomic mass is 16.5. The van der Waals surface area contributed by atoms with Crippen molar-refractivity contribution in [2.75, 3.05) is 20.2 Å². The zero-order valence-corrected chi connectivity index (χ0v) is 10.7. The molecule has 0 bridgehead atoms. The van der Waals surface area contributed by atoms with Crippen molar-refractivity contribution >= 4 is 5.91 Å². The summed E-state index contributed by atoms with van der Waals surface area (Å²) in [6.07, 6.45) is 8.25. The first-order chi connectivity index (χ1) is 7.74. The quantitative estimate of drug-likeness (QED) is 0.698. The second-order valence-corrected chi connectivity index (χ2v) is 4.70. The Morgan fingerprint density at radius 1 is 1.31 bits per heavy atom. The Bertz CT molecular complexity index is 200. The number of nitrogens with zero attached hydrogens (tertiary/aromatic N) is 1. The largest absolute Gasteiger partial charge is 0.378 e. The highest BCUT2D eigenvalue weighted by molar-refractivity contribution is 5.75. The summed E-state index contributed by atoms with van der Waals surface area (Å²) in [5, 5.41) is 0. The Kier molecular flexibility index (Phi) is 6.46. The van der Waals surface area contributed by atoms with Gasteiger partial charge in [-0.25, -0.2) is 0 Å². The van der Waals surface area contributed by atoms with Gasteiger partial charge in [-0.05, 0) is 19.3 Å².